The molecule has 0 unspecified atom stereocenters. The number of hydrogen-bond donors (Lipinski definition) is 2. The highest BCUT2D eigenvalue weighted by Gasteiger charge is 2.27. The van der Waals surface area contributed by atoms with Gasteiger partial charge in [0.25, 0.3) is 20.0 Å². The lowest BCUT2D eigenvalue weighted by molar-refractivity contribution is 0.210. The number of hydrogen-bond acceptors (Lipinski definition) is 8. The Labute approximate surface area is 284 Å². The molecule has 12 heteroatoms. The van der Waals surface area contributed by atoms with Crippen LogP contribution < -0.4 is 28.4 Å². The van der Waals surface area contributed by atoms with Crippen LogP contribution in [0.3, 0.4) is 0 Å². The smallest absolute Gasteiger partial charge is 0.265 e. The van der Waals surface area contributed by atoms with Gasteiger partial charge in [-0.1, -0.05) is 77.9 Å². The van der Waals surface area contributed by atoms with Crippen LogP contribution in [0.4, 0.5) is 11.4 Å². The molecule has 4 rings (SSSR count). The molecule has 4 aromatic rings. The molecular weight excluding hydrogens is 653 g/mol. The molecule has 48 heavy (non-hydrogen) atoms. The molecule has 10 nitrogen and oxygen atoms in total. The zero-order valence-corrected chi connectivity index (χ0v) is 30.2. The van der Waals surface area contributed by atoms with E-state index in [1.54, 1.807) is 72.8 Å². The molecular formula is C36H44N2O8S2. The van der Waals surface area contributed by atoms with E-state index in [0.717, 1.165) is 11.1 Å². The van der Waals surface area contributed by atoms with Gasteiger partial charge in [0.15, 0.2) is 0 Å². The summed E-state index contributed by atoms with van der Waals surface area (Å²) in [5.41, 5.74) is 1.48. The Morgan fingerprint density at radius 3 is 1.21 bits per heavy atom. The lowest BCUT2D eigenvalue weighted by atomic mass is 9.87. The third-order valence-corrected chi connectivity index (χ3v) is 10.3. The van der Waals surface area contributed by atoms with E-state index < -0.39 is 20.0 Å². The highest BCUT2D eigenvalue weighted by molar-refractivity contribution is 7.93. The molecule has 0 aliphatic rings. The molecule has 0 heterocycles. The topological polar surface area (TPSA) is 129 Å². The van der Waals surface area contributed by atoms with Gasteiger partial charge in [-0.2, -0.15) is 0 Å². The predicted molar refractivity (Wildman–Crippen MR) is 189 cm³/mol. The van der Waals surface area contributed by atoms with Crippen LogP contribution in [0, 0.1) is 0 Å². The average molecular weight is 697 g/mol. The van der Waals surface area contributed by atoms with Crippen LogP contribution in [0.5, 0.6) is 23.0 Å². The first-order valence-electron chi connectivity index (χ1n) is 15.3. The monoisotopic (exact) mass is 696 g/mol. The predicted octanol–water partition coefficient (Wildman–Crippen LogP) is 7.36. The van der Waals surface area contributed by atoms with E-state index >= 15 is 0 Å². The van der Waals surface area contributed by atoms with Crippen molar-refractivity contribution in [3.63, 3.8) is 0 Å². The third-order valence-electron chi connectivity index (χ3n) is 7.50. The number of rotatable bonds is 13. The summed E-state index contributed by atoms with van der Waals surface area (Å²) in [6, 6.07) is 23.5. The zero-order valence-electron chi connectivity index (χ0n) is 28.6. The first-order chi connectivity index (χ1) is 22.5. The summed E-state index contributed by atoms with van der Waals surface area (Å²) < 4.78 is 82.8. The third kappa shape index (κ3) is 8.73. The van der Waals surface area contributed by atoms with Crippen molar-refractivity contribution in [2.24, 2.45) is 0 Å². The van der Waals surface area contributed by atoms with Crippen LogP contribution in [0.25, 0.3) is 0 Å². The lowest BCUT2D eigenvalue weighted by Gasteiger charge is -2.23. The Morgan fingerprint density at radius 2 is 0.875 bits per heavy atom. The fraction of sp³-hybridized carbons (Fsp3) is 0.333. The Balaban J connectivity index is 1.61. The quantitative estimate of drug-likeness (QED) is 0.139. The Morgan fingerprint density at radius 1 is 0.521 bits per heavy atom. The molecule has 0 radical (unpaired) electrons. The molecule has 0 aliphatic heterocycles. The fourth-order valence-electron chi connectivity index (χ4n) is 4.77. The van der Waals surface area contributed by atoms with Crippen LogP contribution in [0.15, 0.2) is 94.7 Å². The van der Waals surface area contributed by atoms with Gasteiger partial charge in [-0.05, 0) is 70.5 Å². The Bertz CT molecular complexity index is 1820. The van der Waals surface area contributed by atoms with Crippen molar-refractivity contribution in [1.82, 2.24) is 0 Å². The molecule has 0 aliphatic carbocycles. The number of ether oxygens (including phenoxy) is 4. The molecule has 2 N–H and O–H groups in total. The normalized spacial score (nSPS) is 12.2. The van der Waals surface area contributed by atoms with Gasteiger partial charge in [0, 0.05) is 0 Å². The van der Waals surface area contributed by atoms with E-state index in [1.807, 2.05) is 53.7 Å². The van der Waals surface area contributed by atoms with E-state index in [-0.39, 0.29) is 56.7 Å². The second-order valence-corrected chi connectivity index (χ2v) is 16.4. The molecule has 0 fully saturated rings. The SMILES string of the molecule is COc1ccccc1NS(=O)(=O)c1cc(C(C)(C)C)ccc1OCCOc1ccc(C(C)(C)C)cc1S(=O)(=O)Nc1ccccc1OC. The highest BCUT2D eigenvalue weighted by atomic mass is 32.2. The van der Waals surface area contributed by atoms with Crippen molar-refractivity contribution < 1.29 is 35.8 Å². The fourth-order valence-corrected chi connectivity index (χ4v) is 7.25. The highest BCUT2D eigenvalue weighted by Crippen LogP contribution is 2.36. The maximum Gasteiger partial charge on any atom is 0.265 e. The second-order valence-electron chi connectivity index (χ2n) is 13.1. The van der Waals surface area contributed by atoms with Crippen molar-refractivity contribution in [2.75, 3.05) is 36.9 Å². The summed E-state index contributed by atoms with van der Waals surface area (Å²) in [6.07, 6.45) is 0. The average Bonchev–Trinajstić information content (AvgIpc) is 3.02. The van der Waals surface area contributed by atoms with Crippen molar-refractivity contribution in [3.8, 4) is 23.0 Å². The molecule has 0 saturated heterocycles. The summed E-state index contributed by atoms with van der Waals surface area (Å²) in [5, 5.41) is 0. The van der Waals surface area contributed by atoms with E-state index in [2.05, 4.69) is 9.44 Å². The largest absolute Gasteiger partial charge is 0.495 e. The van der Waals surface area contributed by atoms with Crippen molar-refractivity contribution in [2.45, 2.75) is 62.2 Å². The number of anilines is 2. The van der Waals surface area contributed by atoms with Gasteiger partial charge >= 0.3 is 0 Å². The summed E-state index contributed by atoms with van der Waals surface area (Å²) in [5.74, 6) is 0.963. The molecule has 0 aromatic heterocycles. The van der Waals surface area contributed by atoms with E-state index in [1.165, 1.54) is 14.2 Å². The number of para-hydroxylation sites is 4. The van der Waals surface area contributed by atoms with Gasteiger partial charge in [-0.3, -0.25) is 9.44 Å². The van der Waals surface area contributed by atoms with E-state index in [9.17, 15) is 16.8 Å². The van der Waals surface area contributed by atoms with Crippen LogP contribution in [0.2, 0.25) is 0 Å². The first-order valence-corrected chi connectivity index (χ1v) is 18.3. The van der Waals surface area contributed by atoms with Gasteiger partial charge in [-0.25, -0.2) is 16.8 Å². The minimum atomic E-state index is -4.12. The zero-order chi connectivity index (χ0) is 35.3. The van der Waals surface area contributed by atoms with Crippen molar-refractivity contribution in [3.05, 3.63) is 96.1 Å². The van der Waals surface area contributed by atoms with Crippen LogP contribution in [-0.4, -0.2) is 44.3 Å². The minimum Gasteiger partial charge on any atom is -0.495 e. The maximum atomic E-state index is 13.7. The number of benzene rings is 4. The van der Waals surface area contributed by atoms with Gasteiger partial charge in [0.05, 0.1) is 25.6 Å². The second kappa shape index (κ2) is 14.4. The summed E-state index contributed by atoms with van der Waals surface area (Å²) in [6.45, 7) is 11.8. The number of methoxy groups -OCH3 is 2. The molecule has 258 valence electrons. The molecule has 0 amide bonds. The molecule has 4 aromatic carbocycles. The first kappa shape index (κ1) is 36.4. The Hall–Kier alpha value is -4.42. The number of nitrogens with one attached hydrogen (secondary N) is 2. The summed E-state index contributed by atoms with van der Waals surface area (Å²) >= 11 is 0. The molecule has 0 atom stereocenters. The summed E-state index contributed by atoms with van der Waals surface area (Å²) in [7, 11) is -5.32. The standard InChI is InChI=1S/C36H44N2O8S2/c1-35(2,3)25-17-19-31(33(23-25)47(39,40)37-27-13-9-11-15-29(27)43-7)45-21-22-46-32-20-18-26(36(4,5)6)24-34(32)48(41,42)38-28-14-10-12-16-30(28)44-8/h9-20,23-24,37-38H,21-22H2,1-8H3. The maximum absolute atomic E-state index is 13.7. The van der Waals surface area contributed by atoms with E-state index in [4.69, 9.17) is 18.9 Å². The van der Waals surface area contributed by atoms with Crippen molar-refractivity contribution in [1.29, 1.82) is 0 Å². The number of sulfonamides is 2. The van der Waals surface area contributed by atoms with Crippen LogP contribution in [-0.2, 0) is 30.9 Å². The van der Waals surface area contributed by atoms with Crippen LogP contribution in [0.1, 0.15) is 52.7 Å². The van der Waals surface area contributed by atoms with Gasteiger partial charge in [-0.15, -0.1) is 0 Å². The molecule has 0 saturated carbocycles. The van der Waals surface area contributed by atoms with E-state index in [0.29, 0.717) is 11.5 Å². The lowest BCUT2D eigenvalue weighted by Crippen LogP contribution is -2.20. The van der Waals surface area contributed by atoms with Gasteiger partial charge in [0.2, 0.25) is 0 Å². The molecule has 0 bridgehead atoms. The summed E-state index contributed by atoms with van der Waals surface area (Å²) in [4.78, 5) is -0.112. The molecule has 0 spiro atoms. The van der Waals surface area contributed by atoms with Crippen molar-refractivity contribution >= 4 is 31.4 Å². The minimum absolute atomic E-state index is 0.0559. The van der Waals surface area contributed by atoms with Crippen LogP contribution >= 0.6 is 0 Å². The van der Waals surface area contributed by atoms with Gasteiger partial charge in [0.1, 0.15) is 46.0 Å². The Kier molecular flexibility index (Phi) is 10.9. The van der Waals surface area contributed by atoms with Gasteiger partial charge < -0.3 is 18.9 Å².